The van der Waals surface area contributed by atoms with E-state index in [1.807, 2.05) is 37.3 Å². The first-order valence-electron chi connectivity index (χ1n) is 14.3. The standard InChI is InChI=1S/C31H44N2O6S/c1-21-6-11-24(30-28(36)27(35)29(37)31(39-30)40-2)19-25(21)18-22-7-9-23(10-8-22)20-38-17-12-26(34)32-13-16-33-14-4-3-5-15-33/h6-11,19,27-31,35-37H,3-5,12-18,20H2,1-2H3,(H,32,34)/t27-,28-,29+,30+,31-/m1/s1. The van der Waals surface area contributed by atoms with E-state index in [0.29, 0.717) is 32.6 Å². The largest absolute Gasteiger partial charge is 0.387 e. The Morgan fingerprint density at radius 3 is 2.48 bits per heavy atom. The van der Waals surface area contributed by atoms with Gasteiger partial charge in [0, 0.05) is 19.5 Å². The van der Waals surface area contributed by atoms with E-state index in [1.165, 1.54) is 31.0 Å². The average molecular weight is 573 g/mol. The Kier molecular flexibility index (Phi) is 11.8. The van der Waals surface area contributed by atoms with Gasteiger partial charge in [-0.25, -0.2) is 0 Å². The molecule has 4 rings (SSSR count). The molecule has 0 spiro atoms. The van der Waals surface area contributed by atoms with E-state index in [-0.39, 0.29) is 5.91 Å². The van der Waals surface area contributed by atoms with Crippen LogP contribution in [-0.2, 0) is 27.3 Å². The summed E-state index contributed by atoms with van der Waals surface area (Å²) >= 11 is 1.31. The van der Waals surface area contributed by atoms with Crippen LogP contribution in [0.5, 0.6) is 0 Å². The van der Waals surface area contributed by atoms with Crippen LogP contribution in [0.15, 0.2) is 42.5 Å². The van der Waals surface area contributed by atoms with E-state index in [9.17, 15) is 20.1 Å². The van der Waals surface area contributed by atoms with Gasteiger partial charge in [-0.05, 0) is 73.3 Å². The normalized spacial score (nSPS) is 25.6. The number of hydrogen-bond acceptors (Lipinski definition) is 8. The minimum atomic E-state index is -1.27. The molecule has 0 aromatic heterocycles. The van der Waals surface area contributed by atoms with Crippen molar-refractivity contribution in [2.75, 3.05) is 39.0 Å². The van der Waals surface area contributed by atoms with E-state index in [0.717, 1.165) is 47.5 Å². The predicted octanol–water partition coefficient (Wildman–Crippen LogP) is 2.94. The maximum Gasteiger partial charge on any atom is 0.222 e. The number of aryl methyl sites for hydroxylation is 1. The van der Waals surface area contributed by atoms with Gasteiger partial charge in [-0.3, -0.25) is 4.79 Å². The van der Waals surface area contributed by atoms with Crippen molar-refractivity contribution in [3.63, 3.8) is 0 Å². The fourth-order valence-electron chi connectivity index (χ4n) is 5.33. The number of piperidine rings is 1. The molecule has 2 heterocycles. The molecule has 2 aromatic rings. The minimum Gasteiger partial charge on any atom is -0.387 e. The second kappa shape index (κ2) is 15.3. The third-order valence-corrected chi connectivity index (χ3v) is 8.72. The van der Waals surface area contributed by atoms with E-state index >= 15 is 0 Å². The molecule has 0 saturated carbocycles. The van der Waals surface area contributed by atoms with Crippen molar-refractivity contribution in [1.29, 1.82) is 0 Å². The molecule has 5 atom stereocenters. The molecule has 2 aliphatic rings. The molecule has 0 bridgehead atoms. The highest BCUT2D eigenvalue weighted by Gasteiger charge is 2.44. The molecule has 2 aliphatic heterocycles. The summed E-state index contributed by atoms with van der Waals surface area (Å²) in [4.78, 5) is 14.5. The molecule has 0 unspecified atom stereocenters. The Hall–Kier alpha value is -1.98. The number of hydrogen-bond donors (Lipinski definition) is 4. The number of rotatable bonds is 12. The summed E-state index contributed by atoms with van der Waals surface area (Å²) in [6.45, 7) is 6.79. The molecular weight excluding hydrogens is 528 g/mol. The summed E-state index contributed by atoms with van der Waals surface area (Å²) in [6, 6.07) is 14.2. The summed E-state index contributed by atoms with van der Waals surface area (Å²) < 4.78 is 11.7. The first-order valence-corrected chi connectivity index (χ1v) is 15.6. The number of aliphatic hydroxyl groups excluding tert-OH is 3. The summed E-state index contributed by atoms with van der Waals surface area (Å²) in [5.74, 6) is 0.0331. The van der Waals surface area contributed by atoms with Crippen molar-refractivity contribution in [2.45, 2.75) is 75.5 Å². The number of carbonyl (C=O) groups excluding carboxylic acids is 1. The number of amides is 1. The third-order valence-electron chi connectivity index (χ3n) is 7.86. The second-order valence-corrected chi connectivity index (χ2v) is 11.8. The second-order valence-electron chi connectivity index (χ2n) is 10.9. The van der Waals surface area contributed by atoms with E-state index < -0.39 is 29.9 Å². The van der Waals surface area contributed by atoms with Crippen LogP contribution in [0.2, 0.25) is 0 Å². The van der Waals surface area contributed by atoms with Crippen LogP contribution in [-0.4, -0.2) is 88.9 Å². The zero-order valence-electron chi connectivity index (χ0n) is 23.6. The number of ether oxygens (including phenoxy) is 2. The van der Waals surface area contributed by atoms with Gasteiger partial charge in [-0.2, -0.15) is 0 Å². The Balaban J connectivity index is 1.23. The number of benzene rings is 2. The van der Waals surface area contributed by atoms with Crippen molar-refractivity contribution >= 4 is 17.7 Å². The third kappa shape index (κ3) is 8.52. The fourth-order valence-corrected chi connectivity index (χ4v) is 6.00. The SMILES string of the molecule is CS[C@H]1O[C@@H](c2ccc(C)c(Cc3ccc(COCCC(=O)NCCN4CCCCC4)cc3)c2)[C@H](O)[C@@H](O)[C@@H]1O. The smallest absolute Gasteiger partial charge is 0.222 e. The molecule has 220 valence electrons. The molecule has 0 radical (unpaired) electrons. The summed E-state index contributed by atoms with van der Waals surface area (Å²) in [7, 11) is 0. The highest BCUT2D eigenvalue weighted by molar-refractivity contribution is 7.99. The van der Waals surface area contributed by atoms with Crippen molar-refractivity contribution in [2.24, 2.45) is 0 Å². The van der Waals surface area contributed by atoms with Crippen LogP contribution >= 0.6 is 11.8 Å². The van der Waals surface area contributed by atoms with Crippen LogP contribution in [0.3, 0.4) is 0 Å². The summed E-state index contributed by atoms with van der Waals surface area (Å²) in [6.07, 6.45) is 2.37. The Labute approximate surface area is 242 Å². The van der Waals surface area contributed by atoms with Gasteiger partial charge in [0.25, 0.3) is 0 Å². The molecule has 8 nitrogen and oxygen atoms in total. The van der Waals surface area contributed by atoms with Crippen molar-refractivity contribution in [1.82, 2.24) is 10.2 Å². The molecule has 2 aromatic carbocycles. The number of aliphatic hydroxyl groups is 3. The van der Waals surface area contributed by atoms with Gasteiger partial charge in [-0.15, -0.1) is 11.8 Å². The van der Waals surface area contributed by atoms with Crippen molar-refractivity contribution < 1.29 is 29.6 Å². The lowest BCUT2D eigenvalue weighted by Crippen LogP contribution is -2.52. The summed E-state index contributed by atoms with van der Waals surface area (Å²) in [5, 5.41) is 34.1. The highest BCUT2D eigenvalue weighted by atomic mass is 32.2. The molecular formula is C31H44N2O6S. The highest BCUT2D eigenvalue weighted by Crippen LogP contribution is 2.36. The van der Waals surface area contributed by atoms with Crippen LogP contribution in [0.25, 0.3) is 0 Å². The minimum absolute atomic E-state index is 0.0331. The fraction of sp³-hybridized carbons (Fsp3) is 0.581. The number of thioether (sulfide) groups is 1. The summed E-state index contributed by atoms with van der Waals surface area (Å²) in [5.41, 5.74) is 4.58. The number of nitrogens with one attached hydrogen (secondary N) is 1. The topological polar surface area (TPSA) is 111 Å². The Bertz CT molecular complexity index is 1080. The molecule has 40 heavy (non-hydrogen) atoms. The van der Waals surface area contributed by atoms with Gasteiger partial charge in [-0.1, -0.05) is 48.9 Å². The van der Waals surface area contributed by atoms with Gasteiger partial charge < -0.3 is 35.0 Å². The molecule has 0 aliphatic carbocycles. The molecule has 1 amide bonds. The number of carbonyl (C=O) groups is 1. The van der Waals surface area contributed by atoms with Gasteiger partial charge in [0.15, 0.2) is 0 Å². The van der Waals surface area contributed by atoms with Gasteiger partial charge >= 0.3 is 0 Å². The van der Waals surface area contributed by atoms with Crippen molar-refractivity contribution in [3.8, 4) is 0 Å². The van der Waals surface area contributed by atoms with Crippen molar-refractivity contribution in [3.05, 3.63) is 70.3 Å². The van der Waals surface area contributed by atoms with E-state index in [4.69, 9.17) is 9.47 Å². The van der Waals surface area contributed by atoms with Crippen LogP contribution in [0.1, 0.15) is 59.6 Å². The quantitative estimate of drug-likeness (QED) is 0.288. The molecule has 9 heteroatoms. The Morgan fingerprint density at radius 2 is 1.75 bits per heavy atom. The lowest BCUT2D eigenvalue weighted by molar-refractivity contribution is -0.200. The first kappa shape index (κ1) is 31.0. The number of nitrogens with zero attached hydrogens (tertiary/aromatic N) is 1. The van der Waals surface area contributed by atoms with E-state index in [1.54, 1.807) is 6.26 Å². The molecule has 2 saturated heterocycles. The van der Waals surface area contributed by atoms with Gasteiger partial charge in [0.1, 0.15) is 29.9 Å². The maximum absolute atomic E-state index is 12.1. The zero-order chi connectivity index (χ0) is 28.5. The molecule has 4 N–H and O–H groups in total. The molecule has 2 fully saturated rings. The maximum atomic E-state index is 12.1. The van der Waals surface area contributed by atoms with Gasteiger partial charge in [0.2, 0.25) is 5.91 Å². The van der Waals surface area contributed by atoms with Crippen LogP contribution in [0.4, 0.5) is 0 Å². The Morgan fingerprint density at radius 1 is 1.02 bits per heavy atom. The monoisotopic (exact) mass is 572 g/mol. The van der Waals surface area contributed by atoms with Crippen LogP contribution < -0.4 is 5.32 Å². The average Bonchev–Trinajstić information content (AvgIpc) is 2.97. The lowest BCUT2D eigenvalue weighted by Gasteiger charge is -2.40. The van der Waals surface area contributed by atoms with Gasteiger partial charge in [0.05, 0.1) is 13.2 Å². The predicted molar refractivity (Wildman–Crippen MR) is 157 cm³/mol. The lowest BCUT2D eigenvalue weighted by atomic mass is 9.91. The first-order chi connectivity index (χ1) is 19.4. The van der Waals surface area contributed by atoms with E-state index in [2.05, 4.69) is 22.3 Å². The number of likely N-dealkylation sites (tertiary alicyclic amines) is 1. The zero-order valence-corrected chi connectivity index (χ0v) is 24.4. The van der Waals surface area contributed by atoms with Crippen LogP contribution in [0, 0.1) is 6.92 Å².